The standard InChI is InChI=1S/C22H23FN6O5S/c1-14-25-16(12-34-14)11-27-19-4-3-17(29(35(32)33)22(13-23)5-6-22)7-18(19)20(30)28(21(27)31)10-15-8-24-26(2)9-15/h3-4,7-9,12H,5-6,10-11,13H2,1-2H3,(H,32,33). The van der Waals surface area contributed by atoms with E-state index >= 15 is 0 Å². The van der Waals surface area contributed by atoms with Gasteiger partial charge >= 0.3 is 5.69 Å². The van der Waals surface area contributed by atoms with E-state index in [9.17, 15) is 22.7 Å². The second kappa shape index (κ2) is 8.57. The summed E-state index contributed by atoms with van der Waals surface area (Å²) in [5, 5.41) is 4.24. The molecule has 1 aliphatic carbocycles. The minimum absolute atomic E-state index is 0.0203. The van der Waals surface area contributed by atoms with Crippen molar-refractivity contribution >= 4 is 27.9 Å². The molecule has 184 valence electrons. The average Bonchev–Trinajstić information content (AvgIpc) is 3.31. The van der Waals surface area contributed by atoms with Gasteiger partial charge in [0.2, 0.25) is 0 Å². The number of nitrogens with zero attached hydrogens (tertiary/aromatic N) is 6. The average molecular weight is 503 g/mol. The smallest absolute Gasteiger partial charge is 0.332 e. The molecule has 1 aliphatic rings. The molecule has 11 nitrogen and oxygen atoms in total. The van der Waals surface area contributed by atoms with Crippen LogP contribution in [0.1, 0.15) is 30.0 Å². The van der Waals surface area contributed by atoms with Crippen molar-refractivity contribution < 1.29 is 17.6 Å². The first-order chi connectivity index (χ1) is 16.7. The van der Waals surface area contributed by atoms with Gasteiger partial charge in [0, 0.05) is 25.7 Å². The highest BCUT2D eigenvalue weighted by Crippen LogP contribution is 2.45. The summed E-state index contributed by atoms with van der Waals surface area (Å²) in [4.78, 5) is 31.2. The van der Waals surface area contributed by atoms with Gasteiger partial charge in [-0.15, -0.1) is 0 Å². The lowest BCUT2D eigenvalue weighted by molar-refractivity contribution is 0.413. The predicted octanol–water partition coefficient (Wildman–Crippen LogP) is 1.73. The van der Waals surface area contributed by atoms with Gasteiger partial charge in [-0.25, -0.2) is 18.4 Å². The zero-order valence-corrected chi connectivity index (χ0v) is 19.9. The monoisotopic (exact) mass is 502 g/mol. The molecule has 0 aliphatic heterocycles. The number of halogens is 1. The normalized spacial score (nSPS) is 15.4. The van der Waals surface area contributed by atoms with E-state index in [1.54, 1.807) is 31.0 Å². The van der Waals surface area contributed by atoms with Crippen molar-refractivity contribution in [1.82, 2.24) is 23.9 Å². The summed E-state index contributed by atoms with van der Waals surface area (Å²) in [6, 6.07) is 4.48. The van der Waals surface area contributed by atoms with Crippen LogP contribution in [0.4, 0.5) is 10.1 Å². The second-order valence-corrected chi connectivity index (χ2v) is 9.55. The van der Waals surface area contributed by atoms with Gasteiger partial charge in [0.05, 0.1) is 47.1 Å². The molecule has 1 N–H and O–H groups in total. The summed E-state index contributed by atoms with van der Waals surface area (Å²) in [6.45, 7) is 0.909. The van der Waals surface area contributed by atoms with Crippen LogP contribution < -0.4 is 15.6 Å². The minimum atomic E-state index is -2.50. The van der Waals surface area contributed by atoms with Crippen molar-refractivity contribution in [3.05, 3.63) is 74.8 Å². The number of benzene rings is 1. The number of oxazole rings is 1. The van der Waals surface area contributed by atoms with Crippen molar-refractivity contribution in [3.63, 3.8) is 0 Å². The Kier molecular flexibility index (Phi) is 5.68. The van der Waals surface area contributed by atoms with Crippen molar-refractivity contribution in [2.75, 3.05) is 11.0 Å². The van der Waals surface area contributed by atoms with Crippen LogP contribution in [0, 0.1) is 6.92 Å². The highest BCUT2D eigenvalue weighted by molar-refractivity contribution is 7.80. The van der Waals surface area contributed by atoms with E-state index in [4.69, 9.17) is 4.42 Å². The molecule has 1 fully saturated rings. The molecule has 1 unspecified atom stereocenters. The fraction of sp³-hybridized carbons (Fsp3) is 0.364. The van der Waals surface area contributed by atoms with Crippen LogP contribution in [0.3, 0.4) is 0 Å². The van der Waals surface area contributed by atoms with E-state index in [1.165, 1.54) is 29.0 Å². The van der Waals surface area contributed by atoms with E-state index in [-0.39, 0.29) is 24.2 Å². The third kappa shape index (κ3) is 4.10. The maximum absolute atomic E-state index is 13.8. The quantitative estimate of drug-likeness (QED) is 0.364. The zero-order chi connectivity index (χ0) is 24.9. The SMILES string of the molecule is Cc1nc(Cn2c(=O)n(Cc3cnn(C)c3)c(=O)c3cc(N(S(=O)O)C4(CF)CC4)ccc32)co1. The first-order valence-electron chi connectivity index (χ1n) is 10.9. The molecule has 1 aromatic carbocycles. The summed E-state index contributed by atoms with van der Waals surface area (Å²) < 4.78 is 46.2. The van der Waals surface area contributed by atoms with Crippen LogP contribution in [0.15, 0.2) is 50.9 Å². The fourth-order valence-corrected chi connectivity index (χ4v) is 5.13. The second-order valence-electron chi connectivity index (χ2n) is 8.72. The van der Waals surface area contributed by atoms with Crippen LogP contribution in [0.25, 0.3) is 10.9 Å². The molecule has 3 heterocycles. The number of anilines is 1. The van der Waals surface area contributed by atoms with Crippen molar-refractivity contribution in [3.8, 4) is 0 Å². The molecule has 0 spiro atoms. The molecule has 0 radical (unpaired) electrons. The number of alkyl halides is 1. The van der Waals surface area contributed by atoms with E-state index < -0.39 is 34.7 Å². The summed E-state index contributed by atoms with van der Waals surface area (Å²) >= 11 is -2.50. The summed E-state index contributed by atoms with van der Waals surface area (Å²) in [6.07, 6.45) is 5.54. The maximum Gasteiger partial charge on any atom is 0.332 e. The lowest BCUT2D eigenvalue weighted by atomic mass is 10.2. The largest absolute Gasteiger partial charge is 0.449 e. The van der Waals surface area contributed by atoms with Gasteiger partial charge < -0.3 is 4.42 Å². The van der Waals surface area contributed by atoms with Gasteiger partial charge in [-0.05, 0) is 31.0 Å². The number of fused-ring (bicyclic) bond motifs is 1. The molecule has 4 aromatic rings. The third-order valence-electron chi connectivity index (χ3n) is 6.19. The van der Waals surface area contributed by atoms with Gasteiger partial charge in [-0.1, -0.05) is 0 Å². The van der Waals surface area contributed by atoms with Crippen LogP contribution in [-0.4, -0.2) is 44.9 Å². The first-order valence-corrected chi connectivity index (χ1v) is 11.9. The van der Waals surface area contributed by atoms with Crippen LogP contribution in [0.2, 0.25) is 0 Å². The van der Waals surface area contributed by atoms with E-state index in [1.807, 2.05) is 0 Å². The van der Waals surface area contributed by atoms with Crippen molar-refractivity contribution in [1.29, 1.82) is 0 Å². The van der Waals surface area contributed by atoms with Gasteiger partial charge in [0.15, 0.2) is 5.89 Å². The molecule has 1 atom stereocenters. The molecular weight excluding hydrogens is 479 g/mol. The molecule has 3 aromatic heterocycles. The lowest BCUT2D eigenvalue weighted by Gasteiger charge is -2.28. The number of hydrogen-bond donors (Lipinski definition) is 1. The molecule has 0 bridgehead atoms. The Hall–Kier alpha value is -3.58. The molecule has 5 rings (SSSR count). The third-order valence-corrected chi connectivity index (χ3v) is 7.10. The number of rotatable bonds is 8. The Balaban J connectivity index is 1.71. The Bertz CT molecular complexity index is 1570. The van der Waals surface area contributed by atoms with Gasteiger partial charge in [0.25, 0.3) is 16.8 Å². The first kappa shape index (κ1) is 23.2. The molecular formula is C22H23FN6O5S. The molecule has 35 heavy (non-hydrogen) atoms. The Morgan fingerprint density at radius 3 is 2.60 bits per heavy atom. The number of hydrogen-bond acceptors (Lipinski definition) is 6. The maximum atomic E-state index is 13.8. The summed E-state index contributed by atoms with van der Waals surface area (Å²) in [5.41, 5.74) is -0.509. The number of aryl methyl sites for hydroxylation is 2. The topological polar surface area (TPSA) is 128 Å². The highest BCUT2D eigenvalue weighted by Gasteiger charge is 2.51. The summed E-state index contributed by atoms with van der Waals surface area (Å²) in [5.74, 6) is 0.436. The van der Waals surface area contributed by atoms with Crippen molar-refractivity contribution in [2.45, 2.75) is 38.4 Å². The van der Waals surface area contributed by atoms with Crippen LogP contribution in [0.5, 0.6) is 0 Å². The van der Waals surface area contributed by atoms with E-state index in [0.29, 0.717) is 35.5 Å². The fourth-order valence-electron chi connectivity index (χ4n) is 4.27. The van der Waals surface area contributed by atoms with Gasteiger partial charge in [0.1, 0.15) is 12.9 Å². The van der Waals surface area contributed by atoms with Crippen LogP contribution in [-0.2, 0) is 31.4 Å². The van der Waals surface area contributed by atoms with Crippen molar-refractivity contribution in [2.24, 2.45) is 7.05 Å². The van der Waals surface area contributed by atoms with Gasteiger partial charge in [-0.2, -0.15) is 5.10 Å². The van der Waals surface area contributed by atoms with Gasteiger partial charge in [-0.3, -0.25) is 27.5 Å². The number of aromatic nitrogens is 5. The zero-order valence-electron chi connectivity index (χ0n) is 19.0. The predicted molar refractivity (Wildman–Crippen MR) is 126 cm³/mol. The minimum Gasteiger partial charge on any atom is -0.449 e. The molecule has 1 saturated carbocycles. The Morgan fingerprint density at radius 2 is 2.03 bits per heavy atom. The molecule has 0 amide bonds. The molecule has 0 saturated heterocycles. The Morgan fingerprint density at radius 1 is 1.26 bits per heavy atom. The Labute approximate surface area is 200 Å². The molecule has 13 heteroatoms. The highest BCUT2D eigenvalue weighted by atomic mass is 32.2. The van der Waals surface area contributed by atoms with E-state index in [2.05, 4.69) is 10.1 Å². The van der Waals surface area contributed by atoms with E-state index in [0.717, 1.165) is 8.87 Å². The lowest BCUT2D eigenvalue weighted by Crippen LogP contribution is -2.42. The van der Waals surface area contributed by atoms with Crippen LogP contribution >= 0.6 is 0 Å². The summed E-state index contributed by atoms with van der Waals surface area (Å²) in [7, 11) is 1.73.